The number of rotatable bonds is 5. The van der Waals surface area contributed by atoms with Gasteiger partial charge in [0, 0.05) is 42.3 Å². The molecule has 0 bridgehead atoms. The summed E-state index contributed by atoms with van der Waals surface area (Å²) in [6, 6.07) is 11.2. The zero-order valence-electron chi connectivity index (χ0n) is 18.0. The number of methoxy groups -OCH3 is 1. The molecule has 0 spiro atoms. The molecule has 2 amide bonds. The van der Waals surface area contributed by atoms with E-state index in [2.05, 4.69) is 11.1 Å². The predicted octanol–water partition coefficient (Wildman–Crippen LogP) is 4.02. The summed E-state index contributed by atoms with van der Waals surface area (Å²) in [6.07, 6.45) is 5.12. The standard InChI is InChI=1S/C23H27ClN4O3.ClH/c1-31-21(29)16-7-10-26-20(13-16)28-12-11-27(22(28)30)19-5-8-23(15-25,9-6-19)17-3-2-4-18(24)14-17;/h2-4,7,10,13-14,19H,5-6,8-9,11-12,15,25H2,1H3;1H. The number of pyridine rings is 1. The first-order valence-corrected chi connectivity index (χ1v) is 10.9. The van der Waals surface area contributed by atoms with Gasteiger partial charge in [-0.15, -0.1) is 12.4 Å². The Morgan fingerprint density at radius 1 is 1.25 bits per heavy atom. The van der Waals surface area contributed by atoms with Crippen LogP contribution in [0.3, 0.4) is 0 Å². The van der Waals surface area contributed by atoms with Crippen molar-refractivity contribution in [3.63, 3.8) is 0 Å². The summed E-state index contributed by atoms with van der Waals surface area (Å²) in [7, 11) is 1.33. The number of benzene rings is 1. The number of aromatic nitrogens is 1. The molecule has 1 aromatic heterocycles. The van der Waals surface area contributed by atoms with Crippen LogP contribution in [0.15, 0.2) is 42.6 Å². The molecule has 0 unspecified atom stereocenters. The highest BCUT2D eigenvalue weighted by Crippen LogP contribution is 2.41. The second-order valence-electron chi connectivity index (χ2n) is 8.25. The van der Waals surface area contributed by atoms with Crippen LogP contribution < -0.4 is 10.6 Å². The number of esters is 1. The Morgan fingerprint density at radius 2 is 2.00 bits per heavy atom. The Hall–Kier alpha value is -2.35. The molecule has 2 aromatic rings. The Bertz CT molecular complexity index is 979. The zero-order chi connectivity index (χ0) is 22.0. The fourth-order valence-electron chi connectivity index (χ4n) is 4.81. The van der Waals surface area contributed by atoms with Crippen molar-refractivity contribution >= 4 is 41.8 Å². The van der Waals surface area contributed by atoms with Crippen LogP contribution in [0.1, 0.15) is 41.6 Å². The van der Waals surface area contributed by atoms with E-state index in [0.29, 0.717) is 31.0 Å². The number of nitrogens with zero attached hydrogens (tertiary/aromatic N) is 3. The monoisotopic (exact) mass is 478 g/mol. The number of anilines is 1. The van der Waals surface area contributed by atoms with E-state index in [-0.39, 0.29) is 29.9 Å². The number of nitrogens with two attached hydrogens (primary N) is 1. The lowest BCUT2D eigenvalue weighted by Crippen LogP contribution is -2.47. The second kappa shape index (κ2) is 10.1. The first-order valence-electron chi connectivity index (χ1n) is 10.6. The molecule has 32 heavy (non-hydrogen) atoms. The van der Waals surface area contributed by atoms with E-state index >= 15 is 0 Å². The van der Waals surface area contributed by atoms with Crippen LogP contribution in [0.25, 0.3) is 0 Å². The van der Waals surface area contributed by atoms with Gasteiger partial charge in [0.05, 0.1) is 12.7 Å². The molecule has 1 aromatic carbocycles. The summed E-state index contributed by atoms with van der Waals surface area (Å²) in [5.41, 5.74) is 7.68. The topological polar surface area (TPSA) is 88.8 Å². The molecule has 1 saturated heterocycles. The van der Waals surface area contributed by atoms with E-state index in [0.717, 1.165) is 30.7 Å². The molecule has 1 aliphatic carbocycles. The maximum absolute atomic E-state index is 13.2. The number of hydrogen-bond donors (Lipinski definition) is 1. The van der Waals surface area contributed by atoms with Crippen LogP contribution in [0, 0.1) is 0 Å². The van der Waals surface area contributed by atoms with E-state index in [1.807, 2.05) is 23.1 Å². The smallest absolute Gasteiger partial charge is 0.338 e. The fourth-order valence-corrected chi connectivity index (χ4v) is 5.00. The number of halogens is 2. The van der Waals surface area contributed by atoms with Crippen molar-refractivity contribution in [1.82, 2.24) is 9.88 Å². The van der Waals surface area contributed by atoms with Crippen LogP contribution in [0.5, 0.6) is 0 Å². The van der Waals surface area contributed by atoms with E-state index in [1.165, 1.54) is 18.9 Å². The van der Waals surface area contributed by atoms with Gasteiger partial charge in [-0.25, -0.2) is 14.6 Å². The maximum Gasteiger partial charge on any atom is 0.338 e. The fraction of sp³-hybridized carbons (Fsp3) is 0.435. The molecule has 2 N–H and O–H groups in total. The van der Waals surface area contributed by atoms with Crippen molar-refractivity contribution in [2.45, 2.75) is 37.1 Å². The van der Waals surface area contributed by atoms with Crippen LogP contribution in [0.2, 0.25) is 5.02 Å². The van der Waals surface area contributed by atoms with Gasteiger partial charge in [-0.2, -0.15) is 0 Å². The second-order valence-corrected chi connectivity index (χ2v) is 8.68. The minimum Gasteiger partial charge on any atom is -0.465 e. The average Bonchev–Trinajstić information content (AvgIpc) is 3.20. The third kappa shape index (κ3) is 4.56. The van der Waals surface area contributed by atoms with Crippen molar-refractivity contribution in [2.75, 3.05) is 31.6 Å². The summed E-state index contributed by atoms with van der Waals surface area (Å²) < 4.78 is 4.77. The number of ether oxygens (including phenoxy) is 1. The van der Waals surface area contributed by atoms with Crippen molar-refractivity contribution in [3.8, 4) is 0 Å². The number of hydrogen-bond acceptors (Lipinski definition) is 5. The zero-order valence-corrected chi connectivity index (χ0v) is 19.6. The van der Waals surface area contributed by atoms with Gasteiger partial charge in [0.1, 0.15) is 5.82 Å². The molecule has 0 radical (unpaired) electrons. The molecule has 1 aliphatic heterocycles. The molecule has 4 rings (SSSR count). The van der Waals surface area contributed by atoms with Crippen molar-refractivity contribution in [3.05, 3.63) is 58.7 Å². The van der Waals surface area contributed by atoms with E-state index < -0.39 is 5.97 Å². The Labute approximate surface area is 199 Å². The minimum absolute atomic E-state index is 0. The Kier molecular flexibility index (Phi) is 7.64. The molecular formula is C23H28Cl2N4O3. The molecule has 2 fully saturated rings. The summed E-state index contributed by atoms with van der Waals surface area (Å²) in [6.45, 7) is 1.74. The quantitative estimate of drug-likeness (QED) is 0.655. The minimum atomic E-state index is -0.446. The third-order valence-corrected chi connectivity index (χ3v) is 6.90. The van der Waals surface area contributed by atoms with Gasteiger partial charge in [0.2, 0.25) is 0 Å². The van der Waals surface area contributed by atoms with Gasteiger partial charge in [-0.3, -0.25) is 4.90 Å². The SMILES string of the molecule is COC(=O)c1ccnc(N2CCN(C3CCC(CN)(c4cccc(Cl)c4)CC3)C2=O)c1.Cl. The summed E-state index contributed by atoms with van der Waals surface area (Å²) in [5.74, 6) is 0.0278. The van der Waals surface area contributed by atoms with Crippen molar-refractivity contribution in [1.29, 1.82) is 0 Å². The highest BCUT2D eigenvalue weighted by atomic mass is 35.5. The Balaban J connectivity index is 0.00000289. The highest BCUT2D eigenvalue weighted by Gasteiger charge is 2.41. The maximum atomic E-state index is 13.2. The lowest BCUT2D eigenvalue weighted by Gasteiger charge is -2.42. The average molecular weight is 479 g/mol. The van der Waals surface area contributed by atoms with Gasteiger partial charge >= 0.3 is 12.0 Å². The summed E-state index contributed by atoms with van der Waals surface area (Å²) in [4.78, 5) is 32.8. The largest absolute Gasteiger partial charge is 0.465 e. The molecule has 0 atom stereocenters. The molecule has 2 aliphatic rings. The number of carbonyl (C=O) groups is 2. The molecule has 9 heteroatoms. The highest BCUT2D eigenvalue weighted by molar-refractivity contribution is 6.30. The lowest BCUT2D eigenvalue weighted by atomic mass is 9.68. The van der Waals surface area contributed by atoms with E-state index in [4.69, 9.17) is 22.1 Å². The molecular weight excluding hydrogens is 451 g/mol. The van der Waals surface area contributed by atoms with E-state index in [9.17, 15) is 9.59 Å². The van der Waals surface area contributed by atoms with Gasteiger partial charge in [0.25, 0.3) is 0 Å². The molecule has 172 valence electrons. The first kappa shape index (κ1) is 24.3. The number of urea groups is 1. The third-order valence-electron chi connectivity index (χ3n) is 6.66. The Morgan fingerprint density at radius 3 is 2.66 bits per heavy atom. The van der Waals surface area contributed by atoms with Gasteiger partial charge in [-0.1, -0.05) is 23.7 Å². The van der Waals surface area contributed by atoms with Gasteiger partial charge in [0.15, 0.2) is 0 Å². The van der Waals surface area contributed by atoms with Crippen molar-refractivity contribution < 1.29 is 14.3 Å². The molecule has 1 saturated carbocycles. The summed E-state index contributed by atoms with van der Waals surface area (Å²) >= 11 is 6.21. The van der Waals surface area contributed by atoms with Crippen LogP contribution in [0.4, 0.5) is 10.6 Å². The number of carbonyl (C=O) groups excluding carboxylic acids is 2. The normalized spacial score (nSPS) is 23.1. The number of amides is 2. The molecule has 2 heterocycles. The van der Waals surface area contributed by atoms with Crippen LogP contribution in [-0.2, 0) is 10.2 Å². The van der Waals surface area contributed by atoms with Crippen LogP contribution in [-0.4, -0.2) is 54.7 Å². The van der Waals surface area contributed by atoms with Crippen LogP contribution >= 0.6 is 24.0 Å². The summed E-state index contributed by atoms with van der Waals surface area (Å²) in [5, 5.41) is 0.722. The molecule has 7 nitrogen and oxygen atoms in total. The van der Waals surface area contributed by atoms with Gasteiger partial charge < -0.3 is 15.4 Å². The first-order chi connectivity index (χ1) is 15.0. The van der Waals surface area contributed by atoms with Gasteiger partial charge in [-0.05, 0) is 55.5 Å². The lowest BCUT2D eigenvalue weighted by molar-refractivity contribution is 0.0600. The predicted molar refractivity (Wildman–Crippen MR) is 127 cm³/mol. The van der Waals surface area contributed by atoms with Crippen molar-refractivity contribution in [2.24, 2.45) is 5.73 Å². The van der Waals surface area contributed by atoms with E-state index in [1.54, 1.807) is 17.0 Å².